The molecule has 0 bridgehead atoms. The second-order valence-corrected chi connectivity index (χ2v) is 5.39. The number of carbonyl (C=O) groups excluding carboxylic acids is 2. The average molecular weight is 343 g/mol. The molecule has 0 spiro atoms. The lowest BCUT2D eigenvalue weighted by Crippen LogP contribution is -2.24. The van der Waals surface area contributed by atoms with E-state index in [2.05, 4.69) is 5.32 Å². The Hall–Kier alpha value is -2.35. The monoisotopic (exact) mass is 343 g/mol. The highest BCUT2D eigenvalue weighted by Gasteiger charge is 2.19. The van der Waals surface area contributed by atoms with E-state index in [0.29, 0.717) is 17.4 Å². The van der Waals surface area contributed by atoms with Gasteiger partial charge < -0.3 is 10.1 Å². The van der Waals surface area contributed by atoms with E-state index in [1.165, 1.54) is 11.3 Å². The predicted molar refractivity (Wildman–Crippen MR) is 77.9 cm³/mol. The van der Waals surface area contributed by atoms with Crippen LogP contribution in [0.25, 0.3) is 0 Å². The zero-order valence-electron chi connectivity index (χ0n) is 11.8. The van der Waals surface area contributed by atoms with Crippen molar-refractivity contribution in [2.45, 2.75) is 6.42 Å². The van der Waals surface area contributed by atoms with Gasteiger partial charge in [0.2, 0.25) is 0 Å². The summed E-state index contributed by atoms with van der Waals surface area (Å²) in [5.41, 5.74) is -0.675. The van der Waals surface area contributed by atoms with Crippen molar-refractivity contribution in [3.05, 3.63) is 57.5 Å². The van der Waals surface area contributed by atoms with E-state index in [1.807, 2.05) is 0 Å². The average Bonchev–Trinajstić information content (AvgIpc) is 3.06. The standard InChI is InChI=1S/C15H12F3NO3S/c16-10-5-4-9(12(17)13(10)18)15(21)22-7-2-6-19-14(20)11-3-1-8-23-11/h1,3-5,8H,2,6-7H2,(H,19,20). The molecule has 0 radical (unpaired) electrons. The van der Waals surface area contributed by atoms with Crippen molar-refractivity contribution in [2.24, 2.45) is 0 Å². The number of hydrogen-bond acceptors (Lipinski definition) is 4. The summed E-state index contributed by atoms with van der Waals surface area (Å²) in [5.74, 6) is -6.01. The quantitative estimate of drug-likeness (QED) is 0.498. The van der Waals surface area contributed by atoms with Crippen LogP contribution in [0.15, 0.2) is 29.6 Å². The fourth-order valence-electron chi connectivity index (χ4n) is 1.70. The third-order valence-corrected chi connectivity index (χ3v) is 3.71. The Morgan fingerprint density at radius 1 is 1.13 bits per heavy atom. The highest BCUT2D eigenvalue weighted by atomic mass is 32.1. The Bertz CT molecular complexity index is 704. The second-order valence-electron chi connectivity index (χ2n) is 4.45. The summed E-state index contributed by atoms with van der Waals surface area (Å²) in [6.45, 7) is 0.159. The normalized spacial score (nSPS) is 10.4. The van der Waals surface area contributed by atoms with Gasteiger partial charge >= 0.3 is 5.97 Å². The van der Waals surface area contributed by atoms with Crippen LogP contribution < -0.4 is 5.32 Å². The largest absolute Gasteiger partial charge is 0.462 e. The molecular weight excluding hydrogens is 331 g/mol. The van der Waals surface area contributed by atoms with Crippen LogP contribution in [0.4, 0.5) is 13.2 Å². The first-order valence-corrected chi connectivity index (χ1v) is 7.51. The third kappa shape index (κ3) is 4.32. The summed E-state index contributed by atoms with van der Waals surface area (Å²) in [7, 11) is 0. The van der Waals surface area contributed by atoms with Gasteiger partial charge in [-0.1, -0.05) is 6.07 Å². The highest BCUT2D eigenvalue weighted by molar-refractivity contribution is 7.12. The number of esters is 1. The van der Waals surface area contributed by atoms with Crippen molar-refractivity contribution >= 4 is 23.2 Å². The third-order valence-electron chi connectivity index (χ3n) is 2.84. The van der Waals surface area contributed by atoms with Crippen LogP contribution in [0.5, 0.6) is 0 Å². The molecule has 1 aromatic heterocycles. The molecule has 0 atom stereocenters. The first-order valence-electron chi connectivity index (χ1n) is 6.63. The number of hydrogen-bond donors (Lipinski definition) is 1. The maximum Gasteiger partial charge on any atom is 0.341 e. The fraction of sp³-hybridized carbons (Fsp3) is 0.200. The lowest BCUT2D eigenvalue weighted by molar-refractivity contribution is 0.0494. The van der Waals surface area contributed by atoms with Crippen LogP contribution in [-0.2, 0) is 4.74 Å². The van der Waals surface area contributed by atoms with Gasteiger partial charge in [-0.05, 0) is 30.0 Å². The summed E-state index contributed by atoms with van der Waals surface area (Å²) in [4.78, 5) is 23.7. The van der Waals surface area contributed by atoms with Crippen LogP contribution in [0.3, 0.4) is 0 Å². The summed E-state index contributed by atoms with van der Waals surface area (Å²) in [5, 5.41) is 4.39. The highest BCUT2D eigenvalue weighted by Crippen LogP contribution is 2.16. The molecule has 0 saturated carbocycles. The number of amides is 1. The van der Waals surface area contributed by atoms with Crippen LogP contribution in [-0.4, -0.2) is 25.0 Å². The summed E-state index contributed by atoms with van der Waals surface area (Å²) >= 11 is 1.30. The summed E-state index contributed by atoms with van der Waals surface area (Å²) in [6, 6.07) is 4.88. The number of ether oxygens (including phenoxy) is 1. The lowest BCUT2D eigenvalue weighted by Gasteiger charge is -2.07. The molecule has 1 heterocycles. The Balaban J connectivity index is 1.75. The number of halogens is 3. The van der Waals surface area contributed by atoms with Crippen molar-refractivity contribution in [3.63, 3.8) is 0 Å². The van der Waals surface area contributed by atoms with Gasteiger partial charge in [-0.3, -0.25) is 4.79 Å². The van der Waals surface area contributed by atoms with Crippen LogP contribution >= 0.6 is 11.3 Å². The van der Waals surface area contributed by atoms with Crippen molar-refractivity contribution in [2.75, 3.05) is 13.2 Å². The minimum Gasteiger partial charge on any atom is -0.462 e. The zero-order chi connectivity index (χ0) is 16.8. The molecule has 8 heteroatoms. The second kappa shape index (κ2) is 7.77. The molecule has 4 nitrogen and oxygen atoms in total. The first kappa shape index (κ1) is 17.0. The van der Waals surface area contributed by atoms with Crippen molar-refractivity contribution in [1.29, 1.82) is 0 Å². The first-order chi connectivity index (χ1) is 11.0. The van der Waals surface area contributed by atoms with Crippen molar-refractivity contribution in [3.8, 4) is 0 Å². The molecule has 122 valence electrons. The van der Waals surface area contributed by atoms with E-state index in [1.54, 1.807) is 17.5 Å². The van der Waals surface area contributed by atoms with Crippen molar-refractivity contribution < 1.29 is 27.5 Å². The Morgan fingerprint density at radius 2 is 1.91 bits per heavy atom. The molecule has 1 N–H and O–H groups in total. The van der Waals surface area contributed by atoms with Gasteiger partial charge in [0.15, 0.2) is 17.5 Å². The van der Waals surface area contributed by atoms with Crippen LogP contribution in [0.1, 0.15) is 26.5 Å². The molecule has 23 heavy (non-hydrogen) atoms. The van der Waals surface area contributed by atoms with E-state index >= 15 is 0 Å². The van der Waals surface area contributed by atoms with Crippen LogP contribution in [0.2, 0.25) is 0 Å². The Kier molecular flexibility index (Phi) is 5.75. The Morgan fingerprint density at radius 3 is 2.61 bits per heavy atom. The lowest BCUT2D eigenvalue weighted by atomic mass is 10.2. The molecule has 1 amide bonds. The molecule has 0 saturated heterocycles. The summed E-state index contributed by atoms with van der Waals surface area (Å²) < 4.78 is 43.9. The van der Waals surface area contributed by atoms with E-state index in [4.69, 9.17) is 4.74 Å². The molecule has 0 aliphatic carbocycles. The SMILES string of the molecule is O=C(NCCCOC(=O)c1ccc(F)c(F)c1F)c1cccs1. The summed E-state index contributed by atoms with van der Waals surface area (Å²) in [6.07, 6.45) is 0.300. The molecule has 2 aromatic rings. The van der Waals surface area contributed by atoms with E-state index in [-0.39, 0.29) is 19.1 Å². The van der Waals surface area contributed by atoms with Crippen LogP contribution in [0, 0.1) is 17.5 Å². The number of thiophene rings is 1. The molecule has 0 fully saturated rings. The minimum atomic E-state index is -1.72. The molecule has 2 rings (SSSR count). The predicted octanol–water partition coefficient (Wildman–Crippen LogP) is 3.14. The topological polar surface area (TPSA) is 55.4 Å². The van der Waals surface area contributed by atoms with Gasteiger partial charge in [0.05, 0.1) is 17.0 Å². The maximum atomic E-state index is 13.4. The zero-order valence-corrected chi connectivity index (χ0v) is 12.6. The molecule has 0 unspecified atom stereocenters. The van der Waals surface area contributed by atoms with E-state index in [0.717, 1.165) is 6.07 Å². The maximum absolute atomic E-state index is 13.4. The van der Waals surface area contributed by atoms with E-state index < -0.39 is 29.0 Å². The van der Waals surface area contributed by atoms with Crippen molar-refractivity contribution in [1.82, 2.24) is 5.32 Å². The van der Waals surface area contributed by atoms with Gasteiger partial charge in [0.1, 0.15) is 0 Å². The molecule has 0 aliphatic rings. The number of benzene rings is 1. The number of rotatable bonds is 6. The minimum absolute atomic E-state index is 0.0952. The number of carbonyl (C=O) groups is 2. The molecule has 0 aliphatic heterocycles. The molecular formula is C15H12F3NO3S. The molecule has 1 aromatic carbocycles. The smallest absolute Gasteiger partial charge is 0.341 e. The Labute approximate surface area is 133 Å². The van der Waals surface area contributed by atoms with Gasteiger partial charge in [-0.15, -0.1) is 11.3 Å². The van der Waals surface area contributed by atoms with Gasteiger partial charge in [-0.25, -0.2) is 18.0 Å². The van der Waals surface area contributed by atoms with Gasteiger partial charge in [0.25, 0.3) is 5.91 Å². The number of nitrogens with one attached hydrogen (secondary N) is 1. The fourth-order valence-corrected chi connectivity index (χ4v) is 2.34. The van der Waals surface area contributed by atoms with E-state index in [9.17, 15) is 22.8 Å². The van der Waals surface area contributed by atoms with Gasteiger partial charge in [-0.2, -0.15) is 0 Å². The van der Waals surface area contributed by atoms with Gasteiger partial charge in [0, 0.05) is 6.54 Å².